The molecular formula is C22H28ClN2O9PS. The predicted octanol–water partition coefficient (Wildman–Crippen LogP) is 3.06. The minimum absolute atomic E-state index is 0.0156. The molecule has 0 bridgehead atoms. The highest BCUT2D eigenvalue weighted by Crippen LogP contribution is 2.51. The van der Waals surface area contributed by atoms with Gasteiger partial charge >= 0.3 is 13.6 Å². The number of H-pyrrole nitrogens is 1. The van der Waals surface area contributed by atoms with E-state index < -0.39 is 61.8 Å². The van der Waals surface area contributed by atoms with E-state index in [0.29, 0.717) is 5.02 Å². The van der Waals surface area contributed by atoms with E-state index in [1.54, 1.807) is 6.92 Å². The first-order chi connectivity index (χ1) is 17.6. The molecule has 2 heterocycles. The molecule has 1 fully saturated rings. The van der Waals surface area contributed by atoms with Crippen LogP contribution in [0.2, 0.25) is 5.02 Å². The summed E-state index contributed by atoms with van der Waals surface area (Å²) in [5.74, 6) is -1.71. The van der Waals surface area contributed by atoms with Gasteiger partial charge in [-0.3, -0.25) is 23.7 Å². The molecule has 3 N–H and O–H groups in total. The Morgan fingerprint density at radius 2 is 2.08 bits per heavy atom. The smallest absolute Gasteiger partial charge is 0.380 e. The van der Waals surface area contributed by atoms with Crippen molar-refractivity contribution in [1.82, 2.24) is 9.55 Å². The van der Waals surface area contributed by atoms with Crippen LogP contribution in [0.4, 0.5) is 0 Å². The number of nitrogens with one attached hydrogen (secondary N) is 1. The van der Waals surface area contributed by atoms with Gasteiger partial charge in [-0.2, -0.15) is 0 Å². The van der Waals surface area contributed by atoms with Gasteiger partial charge in [-0.05, 0) is 50.3 Å². The summed E-state index contributed by atoms with van der Waals surface area (Å²) in [5.41, 5.74) is -2.65. The van der Waals surface area contributed by atoms with Gasteiger partial charge in [0, 0.05) is 17.3 Å². The molecule has 36 heavy (non-hydrogen) atoms. The molecule has 198 valence electrons. The predicted molar refractivity (Wildman–Crippen MR) is 133 cm³/mol. The van der Waals surface area contributed by atoms with Gasteiger partial charge < -0.3 is 24.2 Å². The molecule has 1 aliphatic heterocycles. The van der Waals surface area contributed by atoms with Crippen LogP contribution in [0.3, 0.4) is 0 Å². The Balaban J connectivity index is 1.94. The van der Waals surface area contributed by atoms with Crippen molar-refractivity contribution in [2.75, 3.05) is 19.3 Å². The van der Waals surface area contributed by atoms with Gasteiger partial charge in [-0.25, -0.2) is 4.57 Å². The minimum atomic E-state index is -4.51. The fourth-order valence-corrected chi connectivity index (χ4v) is 5.53. The summed E-state index contributed by atoms with van der Waals surface area (Å²) < 4.78 is 53.4. The van der Waals surface area contributed by atoms with Crippen LogP contribution in [-0.2, 0) is 23.4 Å². The number of aliphatic hydroxyl groups excluding tert-OH is 1. The van der Waals surface area contributed by atoms with Gasteiger partial charge in [-0.1, -0.05) is 18.5 Å². The second-order valence-corrected chi connectivity index (χ2v) is 11.1. The topological polar surface area (TPSA) is 149 Å². The van der Waals surface area contributed by atoms with Crippen LogP contribution < -0.4 is 10.1 Å². The second-order valence-electron chi connectivity index (χ2n) is 8.30. The quantitative estimate of drug-likeness (QED) is 0.223. The Morgan fingerprint density at radius 1 is 1.42 bits per heavy atom. The summed E-state index contributed by atoms with van der Waals surface area (Å²) >= 11 is 11.0. The minimum Gasteiger partial charge on any atom is -0.466 e. The molecule has 1 aromatic carbocycles. The van der Waals surface area contributed by atoms with Crippen molar-refractivity contribution in [3.63, 3.8) is 0 Å². The number of aliphatic hydroxyl groups is 2. The summed E-state index contributed by atoms with van der Waals surface area (Å²) in [4.78, 5) is 26.1. The third-order valence-electron chi connectivity index (χ3n) is 5.32. The molecule has 1 aliphatic rings. The zero-order valence-corrected chi connectivity index (χ0v) is 22.1. The number of hydrogen-bond donors (Lipinski definition) is 3. The average molecular weight is 565 g/mol. The number of rotatable bonds is 10. The maximum Gasteiger partial charge on any atom is 0.380 e. The van der Waals surface area contributed by atoms with E-state index in [1.807, 2.05) is 0 Å². The van der Waals surface area contributed by atoms with Gasteiger partial charge in [0.25, 0.3) is 5.56 Å². The van der Waals surface area contributed by atoms with E-state index in [4.69, 9.17) is 45.1 Å². The molecule has 0 spiro atoms. The third kappa shape index (κ3) is 6.63. The van der Waals surface area contributed by atoms with E-state index in [9.17, 15) is 24.4 Å². The van der Waals surface area contributed by atoms with E-state index >= 15 is 0 Å². The number of carbonyl (C=O) groups is 1. The molecule has 0 saturated carbocycles. The number of benzene rings is 1. The number of aromatic amines is 1. The van der Waals surface area contributed by atoms with E-state index in [2.05, 4.69) is 4.98 Å². The zero-order valence-electron chi connectivity index (χ0n) is 21.6. The lowest BCUT2D eigenvalue weighted by Crippen LogP contribution is -2.44. The van der Waals surface area contributed by atoms with Gasteiger partial charge in [0.05, 0.1) is 28.0 Å². The van der Waals surface area contributed by atoms with E-state index in [0.717, 1.165) is 10.6 Å². The van der Waals surface area contributed by atoms with Crippen molar-refractivity contribution in [3.8, 4) is 5.75 Å². The molecule has 0 radical (unpaired) electrons. The Kier molecular flexibility index (Phi) is 8.22. The van der Waals surface area contributed by atoms with Crippen LogP contribution in [0.1, 0.15) is 29.7 Å². The standard InChI is InChI=1S/C22H28ClN2O9PS/c1-4-31-19(28)13(2)12-35(30,34-15-7-5-14(23)6-8-15)32-11-16-18(27)22(3,29)20(33-16)25-10-9-17(26)24-21(25)36/h5-10,13,16,18,20,27,29H,4,11-12H2,1-3H3,(H,24,26,36)/t13-,16-,18+,20-,22?,35?/m1/s1/i11D2. The molecule has 1 aromatic heterocycles. The fourth-order valence-electron chi connectivity index (χ4n) is 3.43. The first-order valence-electron chi connectivity index (χ1n) is 11.9. The summed E-state index contributed by atoms with van der Waals surface area (Å²) in [6, 6.07) is 6.75. The maximum atomic E-state index is 13.9. The molecule has 11 nitrogen and oxygen atoms in total. The summed E-state index contributed by atoms with van der Waals surface area (Å²) in [6.45, 7) is 1.23. The van der Waals surface area contributed by atoms with E-state index in [1.165, 1.54) is 44.3 Å². The SMILES string of the molecule is [2H]C([2H])(OP(=O)(C[C@@H](C)C(=O)OCC)Oc1ccc(Cl)cc1)[C@H]1O[C@@H](n2ccc(=O)[nH]c2=S)C(C)(O)[C@H]1O. The van der Waals surface area contributed by atoms with Crippen molar-refractivity contribution in [1.29, 1.82) is 0 Å². The molecule has 1 saturated heterocycles. The number of esters is 1. The van der Waals surface area contributed by atoms with Crippen molar-refractivity contribution in [3.05, 3.63) is 56.7 Å². The van der Waals surface area contributed by atoms with Gasteiger partial charge in [0.2, 0.25) is 0 Å². The van der Waals surface area contributed by atoms with E-state index in [-0.39, 0.29) is 17.1 Å². The Labute approximate surface area is 220 Å². The largest absolute Gasteiger partial charge is 0.466 e. The first-order valence-corrected chi connectivity index (χ1v) is 13.4. The summed E-state index contributed by atoms with van der Waals surface area (Å²) in [5, 5.41) is 22.2. The van der Waals surface area contributed by atoms with Gasteiger partial charge in [-0.15, -0.1) is 0 Å². The molecule has 0 amide bonds. The first kappa shape index (κ1) is 25.6. The summed E-state index contributed by atoms with van der Waals surface area (Å²) in [7, 11) is -4.51. The highest BCUT2D eigenvalue weighted by atomic mass is 35.5. The normalized spacial score (nSPS) is 27.4. The zero-order chi connectivity index (χ0) is 28.5. The lowest BCUT2D eigenvalue weighted by Gasteiger charge is -2.28. The number of nitrogens with zero attached hydrogens (tertiary/aromatic N) is 1. The van der Waals surface area contributed by atoms with Crippen LogP contribution in [0.5, 0.6) is 5.75 Å². The molecule has 0 aliphatic carbocycles. The lowest BCUT2D eigenvalue weighted by molar-refractivity contribution is -0.146. The number of halogens is 1. The third-order valence-corrected chi connectivity index (χ3v) is 7.75. The van der Waals surface area contributed by atoms with Gasteiger partial charge in [0.1, 0.15) is 23.6 Å². The molecule has 2 unspecified atom stereocenters. The van der Waals surface area contributed by atoms with Crippen molar-refractivity contribution < 1.29 is 40.8 Å². The van der Waals surface area contributed by atoms with Crippen LogP contribution in [0.25, 0.3) is 0 Å². The van der Waals surface area contributed by atoms with Crippen LogP contribution in [-0.4, -0.2) is 62.9 Å². The van der Waals surface area contributed by atoms with Crippen LogP contribution in [0, 0.1) is 10.7 Å². The molecule has 6 atom stereocenters. The highest BCUT2D eigenvalue weighted by Gasteiger charge is 2.53. The molecule has 3 rings (SSSR count). The number of hydrogen-bond acceptors (Lipinski definition) is 10. The fraction of sp³-hybridized carbons (Fsp3) is 0.500. The molecule has 2 aromatic rings. The Bertz CT molecular complexity index is 1320. The summed E-state index contributed by atoms with van der Waals surface area (Å²) in [6.07, 6.45) is -4.65. The molecule has 14 heteroatoms. The average Bonchev–Trinajstić information content (AvgIpc) is 3.04. The number of aromatic nitrogens is 2. The Hall–Kier alpha value is -2.05. The maximum absolute atomic E-state index is 13.9. The van der Waals surface area contributed by atoms with Crippen molar-refractivity contribution >= 4 is 37.4 Å². The van der Waals surface area contributed by atoms with Crippen LogP contribution >= 0.6 is 31.4 Å². The van der Waals surface area contributed by atoms with Crippen molar-refractivity contribution in [2.24, 2.45) is 5.92 Å². The van der Waals surface area contributed by atoms with Crippen LogP contribution in [0.15, 0.2) is 41.3 Å². The number of ether oxygens (including phenoxy) is 2. The van der Waals surface area contributed by atoms with Crippen molar-refractivity contribution in [2.45, 2.75) is 44.8 Å². The Morgan fingerprint density at radius 3 is 2.69 bits per heavy atom. The lowest BCUT2D eigenvalue weighted by atomic mass is 9.96. The number of carbonyl (C=O) groups excluding carboxylic acids is 1. The molecular weight excluding hydrogens is 535 g/mol. The van der Waals surface area contributed by atoms with Gasteiger partial charge in [0.15, 0.2) is 11.0 Å². The monoisotopic (exact) mass is 564 g/mol. The second kappa shape index (κ2) is 11.6. The highest BCUT2D eigenvalue weighted by molar-refractivity contribution is 7.71.